The second-order valence-electron chi connectivity index (χ2n) is 5.06. The van der Waals surface area contributed by atoms with Gasteiger partial charge in [0.1, 0.15) is 6.04 Å². The fraction of sp³-hybridized carbons (Fsp3) is 0.294. The van der Waals surface area contributed by atoms with E-state index in [2.05, 4.69) is 4.98 Å². The normalized spacial score (nSPS) is 12.0. The van der Waals surface area contributed by atoms with Crippen molar-refractivity contribution in [1.29, 1.82) is 0 Å². The number of aromatic nitrogens is 1. The van der Waals surface area contributed by atoms with E-state index in [1.54, 1.807) is 11.1 Å². The van der Waals surface area contributed by atoms with Crippen molar-refractivity contribution in [2.45, 2.75) is 26.4 Å². The van der Waals surface area contributed by atoms with Gasteiger partial charge in [-0.3, -0.25) is 9.78 Å². The molecule has 0 spiro atoms. The largest absolute Gasteiger partial charge is 0.335 e. The van der Waals surface area contributed by atoms with Gasteiger partial charge in [-0.05, 0) is 31.5 Å². The lowest BCUT2D eigenvalue weighted by molar-refractivity contribution is -0.133. The molecule has 0 aliphatic carbocycles. The van der Waals surface area contributed by atoms with Crippen LogP contribution < -0.4 is 5.73 Å². The van der Waals surface area contributed by atoms with Crippen LogP contribution in [0.3, 0.4) is 0 Å². The first-order chi connectivity index (χ1) is 10.1. The summed E-state index contributed by atoms with van der Waals surface area (Å²) >= 11 is 0. The van der Waals surface area contributed by atoms with Gasteiger partial charge in [0.05, 0.1) is 12.2 Å². The van der Waals surface area contributed by atoms with Crippen molar-refractivity contribution in [3.05, 3.63) is 65.5 Å². The highest BCUT2D eigenvalue weighted by Crippen LogP contribution is 2.15. The van der Waals surface area contributed by atoms with Gasteiger partial charge in [-0.25, -0.2) is 0 Å². The number of pyridine rings is 1. The van der Waals surface area contributed by atoms with E-state index in [0.29, 0.717) is 13.1 Å². The van der Waals surface area contributed by atoms with Crippen LogP contribution >= 0.6 is 0 Å². The van der Waals surface area contributed by atoms with Crippen molar-refractivity contribution in [2.75, 3.05) is 6.54 Å². The minimum Gasteiger partial charge on any atom is -0.335 e. The molecule has 2 aromatic rings. The maximum atomic E-state index is 12.5. The maximum absolute atomic E-state index is 12.5. The quantitative estimate of drug-likeness (QED) is 0.917. The molecule has 1 aromatic heterocycles. The van der Waals surface area contributed by atoms with Gasteiger partial charge in [0.2, 0.25) is 5.91 Å². The minimum atomic E-state index is -0.630. The Kier molecular flexibility index (Phi) is 5.06. The average Bonchev–Trinajstić information content (AvgIpc) is 2.53. The van der Waals surface area contributed by atoms with Gasteiger partial charge < -0.3 is 10.6 Å². The molecule has 0 fully saturated rings. The molecule has 4 nitrogen and oxygen atoms in total. The number of aryl methyl sites for hydroxylation is 1. The minimum absolute atomic E-state index is 0.0768. The molecule has 110 valence electrons. The van der Waals surface area contributed by atoms with Gasteiger partial charge in [0, 0.05) is 12.7 Å². The predicted octanol–water partition coefficient (Wildman–Crippen LogP) is 2.44. The average molecular weight is 283 g/mol. The number of benzene rings is 1. The summed E-state index contributed by atoms with van der Waals surface area (Å²) in [5, 5.41) is 0. The summed E-state index contributed by atoms with van der Waals surface area (Å²) in [5.41, 5.74) is 8.96. The van der Waals surface area contributed by atoms with Crippen LogP contribution in [-0.4, -0.2) is 22.3 Å². The number of likely N-dealkylation sites (N-methyl/N-ethyl adjacent to an activating group) is 1. The number of nitrogens with zero attached hydrogens (tertiary/aromatic N) is 2. The van der Waals surface area contributed by atoms with Crippen LogP contribution in [0.4, 0.5) is 0 Å². The number of rotatable bonds is 5. The Balaban J connectivity index is 2.10. The lowest BCUT2D eigenvalue weighted by atomic mass is 10.0. The third kappa shape index (κ3) is 3.89. The Morgan fingerprint density at radius 3 is 2.52 bits per heavy atom. The molecule has 4 heteroatoms. The molecule has 1 unspecified atom stereocenters. The molecule has 0 saturated carbocycles. The number of amides is 1. The number of nitrogens with two attached hydrogens (primary N) is 1. The molecule has 0 aliphatic heterocycles. The third-order valence-corrected chi connectivity index (χ3v) is 3.47. The van der Waals surface area contributed by atoms with E-state index < -0.39 is 6.04 Å². The first kappa shape index (κ1) is 15.2. The predicted molar refractivity (Wildman–Crippen MR) is 83.4 cm³/mol. The van der Waals surface area contributed by atoms with Crippen LogP contribution in [0.5, 0.6) is 0 Å². The number of hydrogen-bond acceptors (Lipinski definition) is 3. The van der Waals surface area contributed by atoms with Crippen molar-refractivity contribution in [2.24, 2.45) is 5.73 Å². The van der Waals surface area contributed by atoms with Gasteiger partial charge in [-0.2, -0.15) is 0 Å². The molecule has 1 amide bonds. The maximum Gasteiger partial charge on any atom is 0.244 e. The first-order valence-electron chi connectivity index (χ1n) is 7.12. The second kappa shape index (κ2) is 6.99. The van der Waals surface area contributed by atoms with Crippen molar-refractivity contribution in [1.82, 2.24) is 9.88 Å². The molecule has 1 aromatic carbocycles. The van der Waals surface area contributed by atoms with Gasteiger partial charge in [0.25, 0.3) is 0 Å². The summed E-state index contributed by atoms with van der Waals surface area (Å²) in [6.45, 7) is 5.05. The third-order valence-electron chi connectivity index (χ3n) is 3.47. The molecule has 0 radical (unpaired) electrons. The van der Waals surface area contributed by atoms with E-state index >= 15 is 0 Å². The Morgan fingerprint density at radius 1 is 1.24 bits per heavy atom. The number of carbonyl (C=O) groups excluding carboxylic acids is 1. The molecular formula is C17H21N3O. The summed E-state index contributed by atoms with van der Waals surface area (Å²) in [6.07, 6.45) is 1.73. The monoisotopic (exact) mass is 283 g/mol. The molecule has 0 saturated heterocycles. The Bertz CT molecular complexity index is 581. The van der Waals surface area contributed by atoms with Crippen LogP contribution in [0.15, 0.2) is 48.7 Å². The number of hydrogen-bond donors (Lipinski definition) is 1. The summed E-state index contributed by atoms with van der Waals surface area (Å²) in [4.78, 5) is 18.5. The highest BCUT2D eigenvalue weighted by atomic mass is 16.2. The SMILES string of the molecule is CCN(Cc1ccccn1)C(=O)C(N)c1ccc(C)cc1. The zero-order valence-corrected chi connectivity index (χ0v) is 12.5. The van der Waals surface area contributed by atoms with E-state index in [9.17, 15) is 4.79 Å². The van der Waals surface area contributed by atoms with Crippen LogP contribution in [0, 0.1) is 6.92 Å². The molecule has 21 heavy (non-hydrogen) atoms. The van der Waals surface area contributed by atoms with Crippen LogP contribution in [0.2, 0.25) is 0 Å². The molecule has 2 N–H and O–H groups in total. The van der Waals surface area contributed by atoms with Crippen molar-refractivity contribution >= 4 is 5.91 Å². The Hall–Kier alpha value is -2.20. The Morgan fingerprint density at radius 2 is 1.95 bits per heavy atom. The zero-order valence-electron chi connectivity index (χ0n) is 12.5. The van der Waals surface area contributed by atoms with Crippen LogP contribution in [0.25, 0.3) is 0 Å². The lowest BCUT2D eigenvalue weighted by Crippen LogP contribution is -2.38. The highest BCUT2D eigenvalue weighted by Gasteiger charge is 2.21. The topological polar surface area (TPSA) is 59.2 Å². The highest BCUT2D eigenvalue weighted by molar-refractivity contribution is 5.83. The fourth-order valence-corrected chi connectivity index (χ4v) is 2.15. The summed E-state index contributed by atoms with van der Waals surface area (Å²) in [7, 11) is 0. The molecular weight excluding hydrogens is 262 g/mol. The smallest absolute Gasteiger partial charge is 0.244 e. The summed E-state index contributed by atoms with van der Waals surface area (Å²) in [6, 6.07) is 12.8. The molecule has 0 bridgehead atoms. The van der Waals surface area contributed by atoms with Crippen molar-refractivity contribution in [3.8, 4) is 0 Å². The standard InChI is InChI=1S/C17H21N3O/c1-3-20(12-15-6-4-5-11-19-15)17(21)16(18)14-9-7-13(2)8-10-14/h4-11,16H,3,12,18H2,1-2H3. The van der Waals surface area contributed by atoms with Gasteiger partial charge >= 0.3 is 0 Å². The fourth-order valence-electron chi connectivity index (χ4n) is 2.15. The molecule has 2 rings (SSSR count). The van der Waals surface area contributed by atoms with Gasteiger partial charge in [-0.1, -0.05) is 35.9 Å². The number of carbonyl (C=O) groups is 1. The Labute approximate surface area is 125 Å². The summed E-state index contributed by atoms with van der Waals surface area (Å²) in [5.74, 6) is -0.0768. The molecule has 0 aliphatic rings. The van der Waals surface area contributed by atoms with Crippen molar-refractivity contribution < 1.29 is 4.79 Å². The zero-order chi connectivity index (χ0) is 15.2. The second-order valence-corrected chi connectivity index (χ2v) is 5.06. The van der Waals surface area contributed by atoms with Gasteiger partial charge in [0.15, 0.2) is 0 Å². The first-order valence-corrected chi connectivity index (χ1v) is 7.12. The van der Waals surface area contributed by atoms with E-state index in [1.807, 2.05) is 56.3 Å². The van der Waals surface area contributed by atoms with E-state index in [-0.39, 0.29) is 5.91 Å². The van der Waals surface area contributed by atoms with Crippen LogP contribution in [-0.2, 0) is 11.3 Å². The van der Waals surface area contributed by atoms with E-state index in [4.69, 9.17) is 5.73 Å². The van der Waals surface area contributed by atoms with E-state index in [0.717, 1.165) is 16.8 Å². The molecule has 1 atom stereocenters. The molecule has 1 heterocycles. The van der Waals surface area contributed by atoms with E-state index in [1.165, 1.54) is 0 Å². The van der Waals surface area contributed by atoms with Gasteiger partial charge in [-0.15, -0.1) is 0 Å². The lowest BCUT2D eigenvalue weighted by Gasteiger charge is -2.24. The van der Waals surface area contributed by atoms with Crippen molar-refractivity contribution in [3.63, 3.8) is 0 Å². The van der Waals surface area contributed by atoms with Crippen LogP contribution in [0.1, 0.15) is 29.8 Å². The summed E-state index contributed by atoms with van der Waals surface area (Å²) < 4.78 is 0.